The predicted octanol–water partition coefficient (Wildman–Crippen LogP) is 2.12. The number of aliphatic hydroxyl groups excluding tert-OH is 1. The Morgan fingerprint density at radius 2 is 1.80 bits per heavy atom. The van der Waals surface area contributed by atoms with Crippen LogP contribution in [0.25, 0.3) is 0 Å². The summed E-state index contributed by atoms with van der Waals surface area (Å²) in [5.74, 6) is 0. The molecule has 0 bridgehead atoms. The van der Waals surface area contributed by atoms with Gasteiger partial charge in [-0.1, -0.05) is 19.3 Å². The summed E-state index contributed by atoms with van der Waals surface area (Å²) in [7, 11) is 1.70. The number of methoxy groups -OCH3 is 1. The molecule has 0 amide bonds. The first-order chi connectivity index (χ1) is 7.10. The third-order valence-corrected chi connectivity index (χ3v) is 3.30. The Labute approximate surface area is 92.8 Å². The van der Waals surface area contributed by atoms with E-state index >= 15 is 0 Å². The molecule has 1 rings (SSSR count). The van der Waals surface area contributed by atoms with E-state index < -0.39 is 6.10 Å². The van der Waals surface area contributed by atoms with Gasteiger partial charge >= 0.3 is 0 Å². The molecule has 1 aliphatic rings. The van der Waals surface area contributed by atoms with Gasteiger partial charge < -0.3 is 14.6 Å². The number of hydrogen-bond donors (Lipinski definition) is 1. The van der Waals surface area contributed by atoms with Crippen LogP contribution < -0.4 is 0 Å². The van der Waals surface area contributed by atoms with E-state index in [2.05, 4.69) is 0 Å². The normalized spacial score (nSPS) is 23.0. The molecule has 1 atom stereocenters. The first-order valence-corrected chi connectivity index (χ1v) is 5.95. The minimum Gasteiger partial charge on any atom is -0.388 e. The molecule has 1 saturated carbocycles. The molecule has 0 aromatic carbocycles. The zero-order valence-corrected chi connectivity index (χ0v) is 10.2. The van der Waals surface area contributed by atoms with Crippen molar-refractivity contribution in [1.29, 1.82) is 0 Å². The van der Waals surface area contributed by atoms with Crippen LogP contribution in [-0.2, 0) is 9.47 Å². The Balaban J connectivity index is 2.48. The van der Waals surface area contributed by atoms with Gasteiger partial charge in [0.15, 0.2) is 0 Å². The standard InChI is InChI=1S/C12H24O3/c1-10(2)15-9-11(13)12(14-3)7-5-4-6-8-12/h10-11,13H,4-9H2,1-3H3. The van der Waals surface area contributed by atoms with Crippen molar-refractivity contribution in [2.45, 2.75) is 63.8 Å². The molecule has 0 spiro atoms. The maximum atomic E-state index is 10.1. The van der Waals surface area contributed by atoms with Gasteiger partial charge in [-0.15, -0.1) is 0 Å². The Morgan fingerprint density at radius 3 is 2.27 bits per heavy atom. The van der Waals surface area contributed by atoms with Crippen LogP contribution in [0.5, 0.6) is 0 Å². The summed E-state index contributed by atoms with van der Waals surface area (Å²) in [6.07, 6.45) is 5.11. The topological polar surface area (TPSA) is 38.7 Å². The van der Waals surface area contributed by atoms with E-state index in [0.717, 1.165) is 25.7 Å². The van der Waals surface area contributed by atoms with Crippen LogP contribution in [-0.4, -0.2) is 36.6 Å². The lowest BCUT2D eigenvalue weighted by Gasteiger charge is -2.39. The number of ether oxygens (including phenoxy) is 2. The van der Waals surface area contributed by atoms with Crippen LogP contribution in [0.3, 0.4) is 0 Å². The number of rotatable bonds is 5. The van der Waals surface area contributed by atoms with Gasteiger partial charge in [0.2, 0.25) is 0 Å². The molecule has 1 aliphatic carbocycles. The highest BCUT2D eigenvalue weighted by molar-refractivity contribution is 4.90. The van der Waals surface area contributed by atoms with Gasteiger partial charge in [-0.05, 0) is 26.7 Å². The van der Waals surface area contributed by atoms with Gasteiger partial charge in [-0.25, -0.2) is 0 Å². The van der Waals surface area contributed by atoms with Crippen LogP contribution in [0.15, 0.2) is 0 Å². The van der Waals surface area contributed by atoms with E-state index in [1.165, 1.54) is 6.42 Å². The van der Waals surface area contributed by atoms with Gasteiger partial charge in [-0.3, -0.25) is 0 Å². The predicted molar refractivity (Wildman–Crippen MR) is 59.9 cm³/mol. The van der Waals surface area contributed by atoms with Crippen molar-refractivity contribution in [2.75, 3.05) is 13.7 Å². The van der Waals surface area contributed by atoms with Crippen LogP contribution in [0.4, 0.5) is 0 Å². The second-order valence-electron chi connectivity index (χ2n) is 4.73. The molecule has 3 nitrogen and oxygen atoms in total. The van der Waals surface area contributed by atoms with E-state index in [-0.39, 0.29) is 11.7 Å². The molecule has 0 saturated heterocycles. The summed E-state index contributed by atoms with van der Waals surface area (Å²) in [6.45, 7) is 4.34. The van der Waals surface area contributed by atoms with Crippen molar-refractivity contribution < 1.29 is 14.6 Å². The van der Waals surface area contributed by atoms with Gasteiger partial charge in [0.25, 0.3) is 0 Å². The quantitative estimate of drug-likeness (QED) is 0.765. The number of hydrogen-bond acceptors (Lipinski definition) is 3. The summed E-state index contributed by atoms with van der Waals surface area (Å²) < 4.78 is 11.0. The molecule has 1 N–H and O–H groups in total. The monoisotopic (exact) mass is 216 g/mol. The lowest BCUT2D eigenvalue weighted by Crippen LogP contribution is -2.48. The zero-order valence-electron chi connectivity index (χ0n) is 10.2. The largest absolute Gasteiger partial charge is 0.388 e. The Bertz CT molecular complexity index is 174. The van der Waals surface area contributed by atoms with Crippen molar-refractivity contribution in [3.63, 3.8) is 0 Å². The fourth-order valence-electron chi connectivity index (χ4n) is 2.26. The van der Waals surface area contributed by atoms with Crippen molar-refractivity contribution in [2.24, 2.45) is 0 Å². The highest BCUT2D eigenvalue weighted by Crippen LogP contribution is 2.34. The third kappa shape index (κ3) is 3.44. The summed E-state index contributed by atoms with van der Waals surface area (Å²) in [6, 6.07) is 0. The molecule has 1 fully saturated rings. The minimum atomic E-state index is -0.495. The molecular formula is C12H24O3. The summed E-state index contributed by atoms with van der Waals surface area (Å²) in [5, 5.41) is 10.1. The van der Waals surface area contributed by atoms with Crippen molar-refractivity contribution in [3.8, 4) is 0 Å². The molecule has 1 unspecified atom stereocenters. The molecule has 0 aromatic heterocycles. The Hall–Kier alpha value is -0.120. The summed E-state index contributed by atoms with van der Waals surface area (Å²) in [4.78, 5) is 0. The molecule has 0 heterocycles. The van der Waals surface area contributed by atoms with E-state index in [9.17, 15) is 5.11 Å². The molecular weight excluding hydrogens is 192 g/mol. The fourth-order valence-corrected chi connectivity index (χ4v) is 2.26. The second kappa shape index (κ2) is 5.83. The van der Waals surface area contributed by atoms with E-state index in [4.69, 9.17) is 9.47 Å². The molecule has 90 valence electrons. The maximum absolute atomic E-state index is 10.1. The average Bonchev–Trinajstić information content (AvgIpc) is 2.26. The van der Waals surface area contributed by atoms with E-state index in [1.54, 1.807) is 7.11 Å². The Morgan fingerprint density at radius 1 is 1.20 bits per heavy atom. The molecule has 0 radical (unpaired) electrons. The van der Waals surface area contributed by atoms with Crippen molar-refractivity contribution in [1.82, 2.24) is 0 Å². The smallest absolute Gasteiger partial charge is 0.106 e. The molecule has 15 heavy (non-hydrogen) atoms. The van der Waals surface area contributed by atoms with E-state index in [0.29, 0.717) is 6.61 Å². The van der Waals surface area contributed by atoms with Crippen molar-refractivity contribution >= 4 is 0 Å². The minimum absolute atomic E-state index is 0.164. The first-order valence-electron chi connectivity index (χ1n) is 5.95. The van der Waals surface area contributed by atoms with Crippen LogP contribution in [0.2, 0.25) is 0 Å². The highest BCUT2D eigenvalue weighted by atomic mass is 16.5. The van der Waals surface area contributed by atoms with Crippen LogP contribution >= 0.6 is 0 Å². The van der Waals surface area contributed by atoms with Crippen LogP contribution in [0.1, 0.15) is 46.0 Å². The SMILES string of the molecule is COC1(C(O)COC(C)C)CCCCC1. The maximum Gasteiger partial charge on any atom is 0.106 e. The molecule has 0 aliphatic heterocycles. The van der Waals surface area contributed by atoms with Gasteiger partial charge in [0.1, 0.15) is 6.10 Å². The Kier molecular flexibility index (Phi) is 5.03. The van der Waals surface area contributed by atoms with E-state index in [1.807, 2.05) is 13.8 Å². The molecule has 0 aromatic rings. The fraction of sp³-hybridized carbons (Fsp3) is 1.00. The van der Waals surface area contributed by atoms with Gasteiger partial charge in [0, 0.05) is 7.11 Å². The lowest BCUT2D eigenvalue weighted by atomic mass is 9.80. The summed E-state index contributed by atoms with van der Waals surface area (Å²) in [5.41, 5.74) is -0.354. The van der Waals surface area contributed by atoms with Crippen molar-refractivity contribution in [3.05, 3.63) is 0 Å². The molecule has 3 heteroatoms. The van der Waals surface area contributed by atoms with Gasteiger partial charge in [-0.2, -0.15) is 0 Å². The number of aliphatic hydroxyl groups is 1. The van der Waals surface area contributed by atoms with Crippen LogP contribution in [0, 0.1) is 0 Å². The second-order valence-corrected chi connectivity index (χ2v) is 4.73. The first kappa shape index (κ1) is 12.9. The third-order valence-electron chi connectivity index (χ3n) is 3.30. The highest BCUT2D eigenvalue weighted by Gasteiger charge is 2.39. The summed E-state index contributed by atoms with van der Waals surface area (Å²) >= 11 is 0. The lowest BCUT2D eigenvalue weighted by molar-refractivity contribution is -0.148. The zero-order chi connectivity index (χ0) is 11.3. The average molecular weight is 216 g/mol. The van der Waals surface area contributed by atoms with Gasteiger partial charge in [0.05, 0.1) is 18.3 Å².